The molecule has 1 aliphatic rings. The van der Waals surface area contributed by atoms with Crippen molar-refractivity contribution < 1.29 is 19.5 Å². The van der Waals surface area contributed by atoms with E-state index in [9.17, 15) is 14.4 Å². The Hall–Kier alpha value is -1.59. The third kappa shape index (κ3) is 7.11. The minimum absolute atomic E-state index is 0.0557. The van der Waals surface area contributed by atoms with Crippen molar-refractivity contribution in [2.75, 3.05) is 6.54 Å². The monoisotopic (exact) mass is 284 g/mol. The predicted octanol–water partition coefficient (Wildman–Crippen LogP) is 1.89. The molecule has 20 heavy (non-hydrogen) atoms. The van der Waals surface area contributed by atoms with Gasteiger partial charge in [-0.1, -0.05) is 19.8 Å². The number of amides is 3. The molecule has 0 radical (unpaired) electrons. The molecule has 1 rings (SSSR count). The average molecular weight is 284 g/mol. The molecule has 0 heterocycles. The van der Waals surface area contributed by atoms with Gasteiger partial charge in [-0.25, -0.2) is 4.79 Å². The van der Waals surface area contributed by atoms with E-state index in [0.29, 0.717) is 18.4 Å². The number of rotatable bonds is 6. The van der Waals surface area contributed by atoms with Crippen LogP contribution in [0.5, 0.6) is 0 Å². The summed E-state index contributed by atoms with van der Waals surface area (Å²) in [5, 5.41) is 13.4. The fourth-order valence-corrected chi connectivity index (χ4v) is 2.62. The number of urea groups is 1. The predicted molar refractivity (Wildman–Crippen MR) is 74.2 cm³/mol. The van der Waals surface area contributed by atoms with Crippen LogP contribution in [0.4, 0.5) is 4.79 Å². The molecule has 0 saturated heterocycles. The number of aliphatic carboxylic acids is 1. The molecule has 3 amide bonds. The summed E-state index contributed by atoms with van der Waals surface area (Å²) in [4.78, 5) is 33.2. The highest BCUT2D eigenvalue weighted by Gasteiger charge is 2.19. The van der Waals surface area contributed by atoms with Crippen LogP contribution in [0.1, 0.15) is 51.9 Å². The SMILES string of the molecule is CC1CCCC(CNC(=O)NC(=O)CCCC(=O)O)C1. The van der Waals surface area contributed by atoms with E-state index in [-0.39, 0.29) is 19.3 Å². The molecule has 1 saturated carbocycles. The number of imide groups is 1. The van der Waals surface area contributed by atoms with E-state index >= 15 is 0 Å². The molecule has 3 N–H and O–H groups in total. The van der Waals surface area contributed by atoms with Crippen molar-refractivity contribution in [3.8, 4) is 0 Å². The van der Waals surface area contributed by atoms with Gasteiger partial charge in [0.1, 0.15) is 0 Å². The zero-order valence-electron chi connectivity index (χ0n) is 12.0. The maximum atomic E-state index is 11.5. The number of carboxylic acid groups (broad SMARTS) is 1. The molecular formula is C14H24N2O4. The Morgan fingerprint density at radius 2 is 1.95 bits per heavy atom. The highest BCUT2D eigenvalue weighted by molar-refractivity contribution is 5.94. The summed E-state index contributed by atoms with van der Waals surface area (Å²) in [5.41, 5.74) is 0. The van der Waals surface area contributed by atoms with E-state index in [1.165, 1.54) is 12.8 Å². The molecule has 0 aliphatic heterocycles. The molecule has 1 aliphatic carbocycles. The second-order valence-corrected chi connectivity index (χ2v) is 5.64. The van der Waals surface area contributed by atoms with Crippen LogP contribution >= 0.6 is 0 Å². The highest BCUT2D eigenvalue weighted by atomic mass is 16.4. The summed E-state index contributed by atoms with van der Waals surface area (Å²) in [6.07, 6.45) is 4.93. The topological polar surface area (TPSA) is 95.5 Å². The number of hydrogen-bond donors (Lipinski definition) is 3. The van der Waals surface area contributed by atoms with Crippen LogP contribution in [0.25, 0.3) is 0 Å². The lowest BCUT2D eigenvalue weighted by Gasteiger charge is -2.26. The molecule has 6 heteroatoms. The lowest BCUT2D eigenvalue weighted by Crippen LogP contribution is -2.41. The Kier molecular flexibility index (Phi) is 7.04. The van der Waals surface area contributed by atoms with Crippen molar-refractivity contribution in [2.45, 2.75) is 51.9 Å². The summed E-state index contributed by atoms with van der Waals surface area (Å²) >= 11 is 0. The van der Waals surface area contributed by atoms with E-state index in [1.54, 1.807) is 0 Å². The molecule has 0 aromatic heterocycles. The van der Waals surface area contributed by atoms with Crippen molar-refractivity contribution in [2.24, 2.45) is 11.8 Å². The van der Waals surface area contributed by atoms with Crippen molar-refractivity contribution in [1.82, 2.24) is 10.6 Å². The first-order chi connectivity index (χ1) is 9.47. The lowest BCUT2D eigenvalue weighted by molar-refractivity contribution is -0.137. The van der Waals surface area contributed by atoms with Gasteiger partial charge in [-0.05, 0) is 31.1 Å². The number of carbonyl (C=O) groups excluding carboxylic acids is 2. The van der Waals surface area contributed by atoms with Crippen LogP contribution in [0, 0.1) is 11.8 Å². The summed E-state index contributed by atoms with van der Waals surface area (Å²) in [5.74, 6) is -0.169. The van der Waals surface area contributed by atoms with Gasteiger partial charge < -0.3 is 10.4 Å². The van der Waals surface area contributed by atoms with Crippen molar-refractivity contribution >= 4 is 17.9 Å². The Bertz CT molecular complexity index is 357. The largest absolute Gasteiger partial charge is 0.481 e. The summed E-state index contributed by atoms with van der Waals surface area (Å²) < 4.78 is 0. The number of hydrogen-bond acceptors (Lipinski definition) is 3. The second-order valence-electron chi connectivity index (χ2n) is 5.64. The maximum Gasteiger partial charge on any atom is 0.321 e. The van der Waals surface area contributed by atoms with Crippen molar-refractivity contribution in [3.63, 3.8) is 0 Å². The third-order valence-corrected chi connectivity index (χ3v) is 3.64. The van der Waals surface area contributed by atoms with Crippen LogP contribution in [0.3, 0.4) is 0 Å². The fourth-order valence-electron chi connectivity index (χ4n) is 2.62. The van der Waals surface area contributed by atoms with Gasteiger partial charge in [-0.3, -0.25) is 14.9 Å². The Morgan fingerprint density at radius 1 is 1.20 bits per heavy atom. The van der Waals surface area contributed by atoms with Crippen molar-refractivity contribution in [3.05, 3.63) is 0 Å². The fraction of sp³-hybridized carbons (Fsp3) is 0.786. The molecule has 6 nitrogen and oxygen atoms in total. The van der Waals surface area contributed by atoms with Gasteiger partial charge in [-0.15, -0.1) is 0 Å². The Balaban J connectivity index is 2.13. The standard InChI is InChI=1S/C14H24N2O4/c1-10-4-2-5-11(8-10)9-15-14(20)16-12(17)6-3-7-13(18)19/h10-11H,2-9H2,1H3,(H,18,19)(H2,15,16,17,20). The van der Waals surface area contributed by atoms with Crippen LogP contribution in [0.15, 0.2) is 0 Å². The molecule has 2 atom stereocenters. The molecule has 0 spiro atoms. The molecule has 0 aromatic carbocycles. The van der Waals surface area contributed by atoms with E-state index in [1.807, 2.05) is 0 Å². The summed E-state index contributed by atoms with van der Waals surface area (Å²) in [6, 6.07) is -0.483. The van der Waals surface area contributed by atoms with Gasteiger partial charge >= 0.3 is 12.0 Å². The third-order valence-electron chi connectivity index (χ3n) is 3.64. The first-order valence-corrected chi connectivity index (χ1v) is 7.27. The van der Waals surface area contributed by atoms with Crippen LogP contribution in [0.2, 0.25) is 0 Å². The average Bonchev–Trinajstić information content (AvgIpc) is 2.36. The molecule has 114 valence electrons. The smallest absolute Gasteiger partial charge is 0.321 e. The number of carboxylic acids is 1. The number of nitrogens with one attached hydrogen (secondary N) is 2. The summed E-state index contributed by atoms with van der Waals surface area (Å²) in [6.45, 7) is 2.82. The van der Waals surface area contributed by atoms with Gasteiger partial charge in [0.05, 0.1) is 0 Å². The lowest BCUT2D eigenvalue weighted by atomic mass is 9.82. The highest BCUT2D eigenvalue weighted by Crippen LogP contribution is 2.27. The van der Waals surface area contributed by atoms with E-state index in [2.05, 4.69) is 17.6 Å². The Morgan fingerprint density at radius 3 is 2.60 bits per heavy atom. The second kappa shape index (κ2) is 8.55. The maximum absolute atomic E-state index is 11.5. The zero-order valence-corrected chi connectivity index (χ0v) is 12.0. The molecule has 1 fully saturated rings. The van der Waals surface area contributed by atoms with E-state index < -0.39 is 17.9 Å². The van der Waals surface area contributed by atoms with Gasteiger partial charge in [-0.2, -0.15) is 0 Å². The van der Waals surface area contributed by atoms with Crippen molar-refractivity contribution in [1.29, 1.82) is 0 Å². The molecule has 0 aromatic rings. The van der Waals surface area contributed by atoms with Gasteiger partial charge in [0.2, 0.25) is 5.91 Å². The van der Waals surface area contributed by atoms with Crippen LogP contribution in [-0.2, 0) is 9.59 Å². The van der Waals surface area contributed by atoms with Gasteiger partial charge in [0.25, 0.3) is 0 Å². The van der Waals surface area contributed by atoms with E-state index in [0.717, 1.165) is 12.8 Å². The van der Waals surface area contributed by atoms with Crippen LogP contribution in [-0.4, -0.2) is 29.6 Å². The first kappa shape index (κ1) is 16.5. The zero-order chi connectivity index (χ0) is 15.0. The quantitative estimate of drug-likeness (QED) is 0.694. The minimum atomic E-state index is -0.936. The molecule has 0 bridgehead atoms. The normalized spacial score (nSPS) is 22.1. The molecular weight excluding hydrogens is 260 g/mol. The van der Waals surface area contributed by atoms with E-state index in [4.69, 9.17) is 5.11 Å². The van der Waals surface area contributed by atoms with Crippen LogP contribution < -0.4 is 10.6 Å². The van der Waals surface area contributed by atoms with Gasteiger partial charge in [0.15, 0.2) is 0 Å². The molecule has 2 unspecified atom stereocenters. The Labute approximate surface area is 119 Å². The minimum Gasteiger partial charge on any atom is -0.481 e. The number of carbonyl (C=O) groups is 3. The first-order valence-electron chi connectivity index (χ1n) is 7.27. The van der Waals surface area contributed by atoms with Gasteiger partial charge in [0, 0.05) is 19.4 Å². The summed E-state index contributed by atoms with van der Waals surface area (Å²) in [7, 11) is 0.